The van der Waals surface area contributed by atoms with E-state index in [2.05, 4.69) is 36.7 Å². The van der Waals surface area contributed by atoms with E-state index in [1.807, 2.05) is 0 Å². The molecule has 23 heavy (non-hydrogen) atoms. The van der Waals surface area contributed by atoms with E-state index < -0.39 is 18.6 Å². The monoisotopic (exact) mass is 392 g/mol. The fraction of sp³-hybridized carbons (Fsp3) is 0.333. The topological polar surface area (TPSA) is 77.1 Å². The third-order valence-corrected chi connectivity index (χ3v) is 3.68. The zero-order valence-electron chi connectivity index (χ0n) is 12.1. The molecule has 1 amide bonds. The summed E-state index contributed by atoms with van der Waals surface area (Å²) in [6.45, 7) is 0.547. The van der Waals surface area contributed by atoms with Crippen molar-refractivity contribution in [2.45, 2.75) is 19.6 Å². The molecule has 0 fully saturated rings. The zero-order chi connectivity index (χ0) is 17.2. The minimum atomic E-state index is -4.35. The summed E-state index contributed by atoms with van der Waals surface area (Å²) >= 11 is 3.25. The first-order valence-corrected chi connectivity index (χ1v) is 7.09. The second-order valence-electron chi connectivity index (χ2n) is 4.62. The number of hydrogen-bond acceptors (Lipinski definition) is 4. The molecule has 0 saturated heterocycles. The van der Waals surface area contributed by atoms with Crippen molar-refractivity contribution in [2.75, 3.05) is 0 Å². The van der Waals surface area contributed by atoms with Crippen LogP contribution < -0.4 is 5.43 Å². The lowest BCUT2D eigenvalue weighted by atomic mass is 10.3. The second-order valence-corrected chi connectivity index (χ2v) is 5.42. The van der Waals surface area contributed by atoms with Gasteiger partial charge in [-0.3, -0.25) is 14.2 Å². The van der Waals surface area contributed by atoms with Gasteiger partial charge in [-0.1, -0.05) is 0 Å². The highest BCUT2D eigenvalue weighted by Crippen LogP contribution is 2.20. The first-order chi connectivity index (χ1) is 10.7. The molecule has 2 heterocycles. The molecule has 0 atom stereocenters. The van der Waals surface area contributed by atoms with Gasteiger partial charge < -0.3 is 0 Å². The summed E-state index contributed by atoms with van der Waals surface area (Å²) < 4.78 is 39.3. The van der Waals surface area contributed by atoms with Crippen molar-refractivity contribution in [2.24, 2.45) is 12.1 Å². The van der Waals surface area contributed by atoms with Crippen LogP contribution in [-0.4, -0.2) is 37.9 Å². The third kappa shape index (κ3) is 4.41. The first kappa shape index (κ1) is 17.2. The maximum atomic E-state index is 12.2. The van der Waals surface area contributed by atoms with Crippen LogP contribution in [0.1, 0.15) is 21.9 Å². The molecule has 124 valence electrons. The van der Waals surface area contributed by atoms with Crippen LogP contribution >= 0.6 is 15.9 Å². The average molecular weight is 393 g/mol. The SMILES string of the molecule is Cc1nn(C)c(C(=O)NN=Cc2ccn(CC(F)(F)F)n2)c1Br. The van der Waals surface area contributed by atoms with Crippen molar-refractivity contribution in [3.63, 3.8) is 0 Å². The van der Waals surface area contributed by atoms with Crippen molar-refractivity contribution in [1.29, 1.82) is 0 Å². The van der Waals surface area contributed by atoms with Gasteiger partial charge in [0, 0.05) is 13.2 Å². The molecule has 1 N–H and O–H groups in total. The molecule has 0 saturated carbocycles. The number of aryl methyl sites for hydroxylation is 2. The van der Waals surface area contributed by atoms with Gasteiger partial charge in [0.15, 0.2) is 0 Å². The van der Waals surface area contributed by atoms with Gasteiger partial charge in [-0.05, 0) is 28.9 Å². The molecule has 0 bridgehead atoms. The lowest BCUT2D eigenvalue weighted by molar-refractivity contribution is -0.142. The lowest BCUT2D eigenvalue weighted by Crippen LogP contribution is -2.21. The Morgan fingerprint density at radius 1 is 1.48 bits per heavy atom. The van der Waals surface area contributed by atoms with Crippen LogP contribution in [-0.2, 0) is 13.6 Å². The number of carbonyl (C=O) groups excluding carboxylic acids is 1. The van der Waals surface area contributed by atoms with Gasteiger partial charge in [-0.2, -0.15) is 28.5 Å². The summed E-state index contributed by atoms with van der Waals surface area (Å²) in [5.41, 5.74) is 3.38. The summed E-state index contributed by atoms with van der Waals surface area (Å²) in [7, 11) is 1.61. The van der Waals surface area contributed by atoms with Crippen LogP contribution in [0.25, 0.3) is 0 Å². The molecule has 0 unspecified atom stereocenters. The molecular weight excluding hydrogens is 381 g/mol. The van der Waals surface area contributed by atoms with Gasteiger partial charge in [0.25, 0.3) is 5.91 Å². The Morgan fingerprint density at radius 3 is 2.74 bits per heavy atom. The first-order valence-electron chi connectivity index (χ1n) is 6.30. The van der Waals surface area contributed by atoms with Crippen molar-refractivity contribution < 1.29 is 18.0 Å². The van der Waals surface area contributed by atoms with E-state index >= 15 is 0 Å². The number of hydrazone groups is 1. The highest BCUT2D eigenvalue weighted by Gasteiger charge is 2.28. The summed E-state index contributed by atoms with van der Waals surface area (Å²) in [4.78, 5) is 12.0. The normalized spacial score (nSPS) is 12.1. The number of nitrogens with zero attached hydrogens (tertiary/aromatic N) is 5. The Kier molecular flexibility index (Phi) is 4.88. The highest BCUT2D eigenvalue weighted by molar-refractivity contribution is 9.10. The van der Waals surface area contributed by atoms with E-state index in [4.69, 9.17) is 0 Å². The van der Waals surface area contributed by atoms with Crippen LogP contribution in [0.15, 0.2) is 21.8 Å². The van der Waals surface area contributed by atoms with Crippen LogP contribution in [0.4, 0.5) is 13.2 Å². The number of aromatic nitrogens is 4. The summed E-state index contributed by atoms with van der Waals surface area (Å²) in [5, 5.41) is 11.4. The summed E-state index contributed by atoms with van der Waals surface area (Å²) in [6, 6.07) is 1.35. The molecule has 7 nitrogen and oxygen atoms in total. The van der Waals surface area contributed by atoms with E-state index in [1.54, 1.807) is 14.0 Å². The van der Waals surface area contributed by atoms with Crippen molar-refractivity contribution in [3.8, 4) is 0 Å². The number of nitrogens with one attached hydrogen (secondary N) is 1. The van der Waals surface area contributed by atoms with E-state index in [-0.39, 0.29) is 11.4 Å². The van der Waals surface area contributed by atoms with Crippen molar-refractivity contribution in [3.05, 3.63) is 33.8 Å². The van der Waals surface area contributed by atoms with E-state index in [0.29, 0.717) is 10.2 Å². The molecule has 2 aromatic heterocycles. The maximum absolute atomic E-state index is 12.2. The third-order valence-electron chi connectivity index (χ3n) is 2.73. The second kappa shape index (κ2) is 6.52. The highest BCUT2D eigenvalue weighted by atomic mass is 79.9. The van der Waals surface area contributed by atoms with Crippen molar-refractivity contribution in [1.82, 2.24) is 25.0 Å². The fourth-order valence-corrected chi connectivity index (χ4v) is 2.32. The van der Waals surface area contributed by atoms with Crippen molar-refractivity contribution >= 4 is 28.1 Å². The van der Waals surface area contributed by atoms with Crippen LogP contribution in [0.3, 0.4) is 0 Å². The minimum Gasteiger partial charge on any atom is -0.266 e. The number of halogens is 4. The van der Waals surface area contributed by atoms with Crippen LogP contribution in [0.2, 0.25) is 0 Å². The Morgan fingerprint density at radius 2 is 2.17 bits per heavy atom. The number of hydrogen-bond donors (Lipinski definition) is 1. The summed E-state index contributed by atoms with van der Waals surface area (Å²) in [5.74, 6) is -0.508. The van der Waals surface area contributed by atoms with Crippen LogP contribution in [0.5, 0.6) is 0 Å². The molecule has 2 aromatic rings. The molecule has 0 aliphatic carbocycles. The van der Waals surface area contributed by atoms with Gasteiger partial charge in [-0.25, -0.2) is 5.43 Å². The fourth-order valence-electron chi connectivity index (χ4n) is 1.81. The maximum Gasteiger partial charge on any atom is 0.408 e. The molecule has 0 aliphatic rings. The largest absolute Gasteiger partial charge is 0.408 e. The predicted octanol–water partition coefficient (Wildman–Crippen LogP) is 2.01. The standard InChI is InChI=1S/C12H12BrF3N6O/c1-7-9(13)10(21(2)19-7)11(23)18-17-5-8-3-4-22(20-8)6-12(14,15)16/h3-5H,6H2,1-2H3,(H,18,23). The Hall–Kier alpha value is -2.17. The minimum absolute atomic E-state index is 0.190. The molecule has 11 heteroatoms. The quantitative estimate of drug-likeness (QED) is 0.638. The van der Waals surface area contributed by atoms with E-state index in [1.165, 1.54) is 16.9 Å². The van der Waals surface area contributed by atoms with E-state index in [0.717, 1.165) is 10.9 Å². The van der Waals surface area contributed by atoms with Gasteiger partial charge >= 0.3 is 6.18 Å². The molecule has 2 rings (SSSR count). The molecule has 0 aliphatic heterocycles. The number of amides is 1. The Bertz CT molecular complexity index is 749. The average Bonchev–Trinajstić information content (AvgIpc) is 2.93. The zero-order valence-corrected chi connectivity index (χ0v) is 13.7. The Labute approximate surface area is 137 Å². The predicted molar refractivity (Wildman–Crippen MR) is 79.0 cm³/mol. The number of alkyl halides is 3. The smallest absolute Gasteiger partial charge is 0.266 e. The molecule has 0 spiro atoms. The van der Waals surface area contributed by atoms with Gasteiger partial charge in [0.1, 0.15) is 17.9 Å². The number of carbonyl (C=O) groups is 1. The number of rotatable bonds is 4. The summed E-state index contributed by atoms with van der Waals surface area (Å²) in [6.07, 6.45) is -2.02. The van der Waals surface area contributed by atoms with Crippen LogP contribution in [0, 0.1) is 6.92 Å². The molecule has 0 radical (unpaired) electrons. The Balaban J connectivity index is 2.00. The van der Waals surface area contributed by atoms with Gasteiger partial charge in [0.05, 0.1) is 16.4 Å². The van der Waals surface area contributed by atoms with Gasteiger partial charge in [0.2, 0.25) is 0 Å². The molecule has 0 aromatic carbocycles. The molecular formula is C12H12BrF3N6O. The lowest BCUT2D eigenvalue weighted by Gasteiger charge is -2.04. The van der Waals surface area contributed by atoms with E-state index in [9.17, 15) is 18.0 Å². The van der Waals surface area contributed by atoms with Gasteiger partial charge in [-0.15, -0.1) is 0 Å².